The summed E-state index contributed by atoms with van der Waals surface area (Å²) in [4.78, 5) is 39.5. The number of β-lactam (4-membered cyclic amide) rings is 1. The highest BCUT2D eigenvalue weighted by atomic mass is 32.2. The predicted octanol–water partition coefficient (Wildman–Crippen LogP) is 1.63. The van der Waals surface area contributed by atoms with Gasteiger partial charge in [-0.1, -0.05) is 42.5 Å². The largest absolute Gasteiger partial charge is 0.497 e. The molecular formula is C24H24N2O6S. The Balaban J connectivity index is 1.41. The fraction of sp³-hybridized carbons (Fsp3) is 0.292. The van der Waals surface area contributed by atoms with Gasteiger partial charge in [0, 0.05) is 5.75 Å². The number of fused-ring (bicyclic) bond motifs is 1. The first-order chi connectivity index (χ1) is 16.0. The summed E-state index contributed by atoms with van der Waals surface area (Å²) >= 11 is 1.40. The minimum atomic E-state index is -0.726. The molecule has 0 saturated carbocycles. The highest BCUT2D eigenvalue weighted by Gasteiger charge is 2.54. The summed E-state index contributed by atoms with van der Waals surface area (Å²) in [6, 6.07) is 15.6. The Morgan fingerprint density at radius 1 is 1.12 bits per heavy atom. The summed E-state index contributed by atoms with van der Waals surface area (Å²) in [5.41, 5.74) is 2.10. The van der Waals surface area contributed by atoms with Gasteiger partial charge in [-0.05, 0) is 28.8 Å². The normalized spacial score (nSPS) is 19.5. The number of rotatable bonds is 8. The van der Waals surface area contributed by atoms with Crippen LogP contribution in [0, 0.1) is 0 Å². The number of benzene rings is 2. The summed E-state index contributed by atoms with van der Waals surface area (Å²) in [5, 5.41) is 12.1. The van der Waals surface area contributed by atoms with E-state index in [0.717, 1.165) is 11.1 Å². The van der Waals surface area contributed by atoms with E-state index < -0.39 is 23.3 Å². The number of amides is 2. The molecule has 2 aromatic carbocycles. The van der Waals surface area contributed by atoms with Crippen molar-refractivity contribution < 1.29 is 29.0 Å². The van der Waals surface area contributed by atoms with Gasteiger partial charge >= 0.3 is 5.97 Å². The van der Waals surface area contributed by atoms with E-state index in [1.165, 1.54) is 16.7 Å². The zero-order valence-corrected chi connectivity index (χ0v) is 18.8. The molecule has 33 heavy (non-hydrogen) atoms. The first-order valence-electron chi connectivity index (χ1n) is 10.4. The molecule has 172 valence electrons. The Morgan fingerprint density at radius 2 is 1.85 bits per heavy atom. The van der Waals surface area contributed by atoms with Crippen molar-refractivity contribution in [2.24, 2.45) is 0 Å². The van der Waals surface area contributed by atoms with Crippen LogP contribution in [0.3, 0.4) is 0 Å². The van der Waals surface area contributed by atoms with Crippen molar-refractivity contribution in [3.8, 4) is 5.75 Å². The number of hydrogen-bond donors (Lipinski definition) is 2. The molecule has 2 atom stereocenters. The van der Waals surface area contributed by atoms with Crippen molar-refractivity contribution >= 4 is 29.5 Å². The van der Waals surface area contributed by atoms with Gasteiger partial charge < -0.3 is 19.9 Å². The average Bonchev–Trinajstić information content (AvgIpc) is 2.85. The molecule has 2 aliphatic rings. The van der Waals surface area contributed by atoms with Gasteiger partial charge in [0.05, 0.1) is 20.1 Å². The van der Waals surface area contributed by atoms with Crippen molar-refractivity contribution in [3.05, 3.63) is 77.0 Å². The number of hydrogen-bond acceptors (Lipinski definition) is 7. The monoisotopic (exact) mass is 468 g/mol. The number of methoxy groups -OCH3 is 1. The maximum atomic E-state index is 12.9. The number of aliphatic hydroxyl groups excluding tert-OH is 1. The van der Waals surface area contributed by atoms with Gasteiger partial charge in [0.15, 0.2) is 0 Å². The van der Waals surface area contributed by atoms with Gasteiger partial charge in [0.1, 0.15) is 29.5 Å². The fourth-order valence-corrected chi connectivity index (χ4v) is 5.07. The van der Waals surface area contributed by atoms with Crippen LogP contribution in [0.25, 0.3) is 0 Å². The summed E-state index contributed by atoms with van der Waals surface area (Å²) in [5.74, 6) is -0.281. The molecule has 0 radical (unpaired) electrons. The summed E-state index contributed by atoms with van der Waals surface area (Å²) in [6.45, 7) is -0.344. The quantitative estimate of drug-likeness (QED) is 0.448. The lowest BCUT2D eigenvalue weighted by Crippen LogP contribution is -2.70. The molecule has 0 bridgehead atoms. The molecule has 2 N–H and O–H groups in total. The molecule has 8 nitrogen and oxygen atoms in total. The Bertz CT molecular complexity index is 1070. The van der Waals surface area contributed by atoms with E-state index in [1.807, 2.05) is 30.3 Å². The van der Waals surface area contributed by atoms with Gasteiger partial charge in [-0.3, -0.25) is 14.5 Å². The number of aliphatic hydroxyl groups is 1. The Morgan fingerprint density at radius 3 is 2.52 bits per heavy atom. The predicted molar refractivity (Wildman–Crippen MR) is 122 cm³/mol. The lowest BCUT2D eigenvalue weighted by Gasteiger charge is -2.49. The number of thioether (sulfide) groups is 1. The smallest absolute Gasteiger partial charge is 0.355 e. The van der Waals surface area contributed by atoms with E-state index in [-0.39, 0.29) is 31.2 Å². The molecule has 4 rings (SSSR count). The van der Waals surface area contributed by atoms with Crippen LogP contribution < -0.4 is 10.1 Å². The number of nitrogens with one attached hydrogen (secondary N) is 1. The third kappa shape index (κ3) is 4.89. The molecule has 1 fully saturated rings. The molecule has 9 heteroatoms. The van der Waals surface area contributed by atoms with E-state index in [4.69, 9.17) is 9.47 Å². The summed E-state index contributed by atoms with van der Waals surface area (Å²) in [6.07, 6.45) is 0.163. The van der Waals surface area contributed by atoms with Crippen LogP contribution in [0.2, 0.25) is 0 Å². The highest BCUT2D eigenvalue weighted by molar-refractivity contribution is 8.00. The summed E-state index contributed by atoms with van der Waals surface area (Å²) < 4.78 is 10.5. The van der Waals surface area contributed by atoms with Crippen molar-refractivity contribution in [3.63, 3.8) is 0 Å². The zero-order chi connectivity index (χ0) is 23.4. The lowest BCUT2D eigenvalue weighted by atomic mass is 10.0. The third-order valence-electron chi connectivity index (χ3n) is 5.48. The second-order valence-electron chi connectivity index (χ2n) is 7.65. The number of ether oxygens (including phenoxy) is 2. The van der Waals surface area contributed by atoms with Crippen LogP contribution in [0.4, 0.5) is 0 Å². The Labute approximate surface area is 195 Å². The van der Waals surface area contributed by atoms with Crippen molar-refractivity contribution in [2.75, 3.05) is 19.5 Å². The molecule has 2 aromatic rings. The minimum absolute atomic E-state index is 0.0160. The average molecular weight is 469 g/mol. The second-order valence-corrected chi connectivity index (χ2v) is 8.76. The SMILES string of the molecule is COc1ccc(COC(=O)C2=C(CO)CS[C@@H]3[C@@H](NC(=O)Cc4ccccc4)C(=O)N23)cc1. The van der Waals surface area contributed by atoms with Gasteiger partial charge in [-0.2, -0.15) is 0 Å². The molecule has 0 unspecified atom stereocenters. The van der Waals surface area contributed by atoms with Gasteiger partial charge in [0.2, 0.25) is 5.91 Å². The van der Waals surface area contributed by atoms with Crippen LogP contribution in [-0.4, -0.2) is 58.7 Å². The highest BCUT2D eigenvalue weighted by Crippen LogP contribution is 2.40. The number of esters is 1. The van der Waals surface area contributed by atoms with Crippen LogP contribution in [-0.2, 0) is 32.1 Å². The van der Waals surface area contributed by atoms with Crippen molar-refractivity contribution in [1.82, 2.24) is 10.2 Å². The molecule has 2 amide bonds. The lowest BCUT2D eigenvalue weighted by molar-refractivity contribution is -0.153. The van der Waals surface area contributed by atoms with Gasteiger partial charge in [-0.15, -0.1) is 11.8 Å². The van der Waals surface area contributed by atoms with Crippen LogP contribution in [0.5, 0.6) is 5.75 Å². The Kier molecular flexibility index (Phi) is 7.00. The van der Waals surface area contributed by atoms with Crippen LogP contribution in [0.15, 0.2) is 65.9 Å². The Hall–Kier alpha value is -3.30. The molecule has 0 aliphatic carbocycles. The van der Waals surface area contributed by atoms with Gasteiger partial charge in [0.25, 0.3) is 5.91 Å². The van der Waals surface area contributed by atoms with E-state index in [1.54, 1.807) is 31.4 Å². The van der Waals surface area contributed by atoms with Crippen LogP contribution in [0.1, 0.15) is 11.1 Å². The standard InChI is InChI=1S/C24H24N2O6S/c1-31-18-9-7-16(8-10-18)13-32-24(30)21-17(12-27)14-33-23-20(22(29)26(21)23)25-19(28)11-15-5-3-2-4-6-15/h2-10,20,23,27H,11-14H2,1H3,(H,25,28)/t20-,23+/m0/s1. The number of carbonyl (C=O) groups is 3. The number of nitrogens with zero attached hydrogens (tertiary/aromatic N) is 1. The molecule has 2 heterocycles. The molecule has 0 aromatic heterocycles. The molecular weight excluding hydrogens is 444 g/mol. The first-order valence-corrected chi connectivity index (χ1v) is 11.5. The van der Waals surface area contributed by atoms with Crippen LogP contribution >= 0.6 is 11.8 Å². The molecule has 2 aliphatic heterocycles. The first kappa shape index (κ1) is 22.9. The van der Waals surface area contributed by atoms with E-state index >= 15 is 0 Å². The minimum Gasteiger partial charge on any atom is -0.497 e. The topological polar surface area (TPSA) is 105 Å². The van der Waals surface area contributed by atoms with E-state index in [9.17, 15) is 19.5 Å². The number of carbonyl (C=O) groups excluding carboxylic acids is 3. The summed E-state index contributed by atoms with van der Waals surface area (Å²) in [7, 11) is 1.57. The molecule has 1 saturated heterocycles. The van der Waals surface area contributed by atoms with Crippen molar-refractivity contribution in [1.29, 1.82) is 0 Å². The maximum Gasteiger partial charge on any atom is 0.355 e. The fourth-order valence-electron chi connectivity index (χ4n) is 3.74. The maximum absolute atomic E-state index is 12.9. The molecule has 0 spiro atoms. The van der Waals surface area contributed by atoms with Crippen molar-refractivity contribution in [2.45, 2.75) is 24.4 Å². The third-order valence-corrected chi connectivity index (χ3v) is 6.82. The van der Waals surface area contributed by atoms with E-state index in [0.29, 0.717) is 17.1 Å². The zero-order valence-electron chi connectivity index (χ0n) is 18.0. The second kappa shape index (κ2) is 10.1. The van der Waals surface area contributed by atoms with Gasteiger partial charge in [-0.25, -0.2) is 4.79 Å². The van der Waals surface area contributed by atoms with E-state index in [2.05, 4.69) is 5.32 Å².